The van der Waals surface area contributed by atoms with Crippen LogP contribution < -0.4 is 15.2 Å². The van der Waals surface area contributed by atoms with Gasteiger partial charge in [0.05, 0.1) is 0 Å². The third kappa shape index (κ3) is 4.26. The van der Waals surface area contributed by atoms with E-state index in [1.54, 1.807) is 0 Å². The van der Waals surface area contributed by atoms with Crippen LogP contribution in [0.5, 0.6) is 11.5 Å². The molecule has 19 heavy (non-hydrogen) atoms. The van der Waals surface area contributed by atoms with Gasteiger partial charge in [0, 0.05) is 5.56 Å². The number of nitrogens with two attached hydrogens (primary N) is 1. The van der Waals surface area contributed by atoms with Crippen molar-refractivity contribution < 1.29 is 9.47 Å². The molecule has 0 spiro atoms. The van der Waals surface area contributed by atoms with E-state index in [2.05, 4.69) is 0 Å². The van der Waals surface area contributed by atoms with E-state index in [9.17, 15) is 0 Å². The van der Waals surface area contributed by atoms with E-state index < -0.39 is 0 Å². The van der Waals surface area contributed by atoms with E-state index in [1.807, 2.05) is 54.6 Å². The van der Waals surface area contributed by atoms with Crippen molar-refractivity contribution in [1.29, 1.82) is 0 Å². The predicted molar refractivity (Wildman–Crippen MR) is 79.8 cm³/mol. The molecule has 0 atom stereocenters. The molecule has 2 N–H and O–H groups in total. The molecule has 2 aromatic carbocycles. The second kappa shape index (κ2) is 6.75. The number of rotatable bonds is 6. The first kappa shape index (κ1) is 13.4. The van der Waals surface area contributed by atoms with Crippen LogP contribution in [0.2, 0.25) is 0 Å². The lowest BCUT2D eigenvalue weighted by molar-refractivity contribution is 0.217. The molecule has 3 nitrogen and oxygen atoms in total. The van der Waals surface area contributed by atoms with Crippen LogP contribution in [0.3, 0.4) is 0 Å². The first-order chi connectivity index (χ1) is 9.25. The summed E-state index contributed by atoms with van der Waals surface area (Å²) in [5, 5.41) is 0. The lowest BCUT2D eigenvalue weighted by Crippen LogP contribution is -2.10. The number of hydrogen-bond donors (Lipinski definition) is 1. The summed E-state index contributed by atoms with van der Waals surface area (Å²) < 4.78 is 11.1. The summed E-state index contributed by atoms with van der Waals surface area (Å²) in [4.78, 5) is 0.388. The molecule has 0 radical (unpaired) electrons. The fourth-order valence-electron chi connectivity index (χ4n) is 1.55. The van der Waals surface area contributed by atoms with Gasteiger partial charge >= 0.3 is 0 Å². The van der Waals surface area contributed by atoms with Gasteiger partial charge in [-0.1, -0.05) is 30.4 Å². The molecule has 98 valence electrons. The maximum atomic E-state index is 5.55. The molecule has 0 aliphatic heterocycles. The molecule has 0 heterocycles. The van der Waals surface area contributed by atoms with Gasteiger partial charge in [-0.2, -0.15) is 0 Å². The molecule has 0 unspecified atom stereocenters. The van der Waals surface area contributed by atoms with Gasteiger partial charge in [0.1, 0.15) is 29.7 Å². The lowest BCUT2D eigenvalue weighted by Gasteiger charge is -2.08. The molecule has 0 saturated heterocycles. The number of thiocarbonyl (C=S) groups is 1. The summed E-state index contributed by atoms with van der Waals surface area (Å²) in [6.45, 7) is 0.988. The number of para-hydroxylation sites is 1. The summed E-state index contributed by atoms with van der Waals surface area (Å²) in [5.41, 5.74) is 6.36. The van der Waals surface area contributed by atoms with Gasteiger partial charge in [-0.05, 0) is 36.4 Å². The average Bonchev–Trinajstić information content (AvgIpc) is 2.45. The Hall–Kier alpha value is -2.07. The van der Waals surface area contributed by atoms with Crippen LogP contribution in [-0.4, -0.2) is 18.2 Å². The largest absolute Gasteiger partial charge is 0.490 e. The zero-order chi connectivity index (χ0) is 13.5. The third-order valence-corrected chi connectivity index (χ3v) is 2.74. The van der Waals surface area contributed by atoms with Crippen LogP contribution in [0.15, 0.2) is 54.6 Å². The Morgan fingerprint density at radius 3 is 1.89 bits per heavy atom. The van der Waals surface area contributed by atoms with Gasteiger partial charge in [0.2, 0.25) is 0 Å². The van der Waals surface area contributed by atoms with Crippen molar-refractivity contribution in [3.8, 4) is 11.5 Å². The molecular weight excluding hydrogens is 258 g/mol. The van der Waals surface area contributed by atoms with Crippen LogP contribution in [0.4, 0.5) is 0 Å². The molecule has 0 aliphatic carbocycles. The van der Waals surface area contributed by atoms with Gasteiger partial charge in [0.25, 0.3) is 0 Å². The predicted octanol–water partition coefficient (Wildman–Crippen LogP) is 2.78. The van der Waals surface area contributed by atoms with Crippen LogP contribution >= 0.6 is 12.2 Å². The van der Waals surface area contributed by atoms with E-state index in [0.29, 0.717) is 18.2 Å². The minimum absolute atomic E-state index is 0.388. The standard InChI is InChI=1S/C15H15NO2S/c16-15(19)12-6-8-14(9-7-12)18-11-10-17-13-4-2-1-3-5-13/h1-9H,10-11H2,(H2,16,19). The van der Waals surface area contributed by atoms with Gasteiger partial charge in [-0.15, -0.1) is 0 Å². The number of hydrogen-bond acceptors (Lipinski definition) is 3. The summed E-state index contributed by atoms with van der Waals surface area (Å²) in [6.07, 6.45) is 0. The number of ether oxygens (including phenoxy) is 2. The van der Waals surface area contributed by atoms with E-state index in [0.717, 1.165) is 17.1 Å². The minimum atomic E-state index is 0.388. The molecule has 0 aromatic heterocycles. The second-order valence-corrected chi connectivity index (χ2v) is 4.34. The highest BCUT2D eigenvalue weighted by atomic mass is 32.1. The van der Waals surface area contributed by atoms with Gasteiger partial charge in [-0.3, -0.25) is 0 Å². The normalized spacial score (nSPS) is 9.89. The molecule has 0 amide bonds. The van der Waals surface area contributed by atoms with Crippen molar-refractivity contribution in [3.05, 3.63) is 60.2 Å². The zero-order valence-corrected chi connectivity index (χ0v) is 11.2. The molecule has 0 saturated carbocycles. The highest BCUT2D eigenvalue weighted by molar-refractivity contribution is 7.80. The first-order valence-corrected chi connectivity index (χ1v) is 6.37. The smallest absolute Gasteiger partial charge is 0.122 e. The molecule has 0 bridgehead atoms. The molecule has 0 fully saturated rings. The molecule has 4 heteroatoms. The van der Waals surface area contributed by atoms with Gasteiger partial charge in [-0.25, -0.2) is 0 Å². The Balaban J connectivity index is 1.75. The lowest BCUT2D eigenvalue weighted by atomic mass is 10.2. The monoisotopic (exact) mass is 273 g/mol. The topological polar surface area (TPSA) is 44.5 Å². The Labute approximate surface area is 118 Å². The maximum absolute atomic E-state index is 5.55. The number of benzene rings is 2. The summed E-state index contributed by atoms with van der Waals surface area (Å²) in [7, 11) is 0. The summed E-state index contributed by atoms with van der Waals surface area (Å²) >= 11 is 4.88. The first-order valence-electron chi connectivity index (χ1n) is 5.96. The van der Waals surface area contributed by atoms with Crippen LogP contribution in [-0.2, 0) is 0 Å². The van der Waals surface area contributed by atoms with Crippen molar-refractivity contribution in [2.45, 2.75) is 0 Å². The molecule has 0 aliphatic rings. The quantitative estimate of drug-likeness (QED) is 0.649. The molecular formula is C15H15NO2S. The minimum Gasteiger partial charge on any atom is -0.490 e. The summed E-state index contributed by atoms with van der Waals surface area (Å²) in [5.74, 6) is 1.62. The highest BCUT2D eigenvalue weighted by Gasteiger charge is 1.98. The Morgan fingerprint density at radius 2 is 1.37 bits per heavy atom. The van der Waals surface area contributed by atoms with Crippen LogP contribution in [0, 0.1) is 0 Å². The molecule has 2 rings (SSSR count). The van der Waals surface area contributed by atoms with E-state index in [-0.39, 0.29) is 0 Å². The Kier molecular flexibility index (Phi) is 4.75. The third-order valence-electron chi connectivity index (χ3n) is 2.50. The van der Waals surface area contributed by atoms with E-state index in [1.165, 1.54) is 0 Å². The van der Waals surface area contributed by atoms with Crippen molar-refractivity contribution in [3.63, 3.8) is 0 Å². The van der Waals surface area contributed by atoms with Crippen molar-refractivity contribution >= 4 is 17.2 Å². The van der Waals surface area contributed by atoms with Crippen LogP contribution in [0.1, 0.15) is 5.56 Å². The van der Waals surface area contributed by atoms with Crippen molar-refractivity contribution in [2.75, 3.05) is 13.2 Å². The Bertz CT molecular complexity index is 526. The van der Waals surface area contributed by atoms with Crippen LogP contribution in [0.25, 0.3) is 0 Å². The average molecular weight is 273 g/mol. The van der Waals surface area contributed by atoms with Crippen molar-refractivity contribution in [2.24, 2.45) is 5.73 Å². The SMILES string of the molecule is NC(=S)c1ccc(OCCOc2ccccc2)cc1. The summed E-state index contributed by atoms with van der Waals surface area (Å²) in [6, 6.07) is 17.0. The molecule has 2 aromatic rings. The van der Waals surface area contributed by atoms with Crippen molar-refractivity contribution in [1.82, 2.24) is 0 Å². The highest BCUT2D eigenvalue weighted by Crippen LogP contribution is 2.12. The second-order valence-electron chi connectivity index (χ2n) is 3.90. The van der Waals surface area contributed by atoms with E-state index >= 15 is 0 Å². The Morgan fingerprint density at radius 1 is 0.842 bits per heavy atom. The fraction of sp³-hybridized carbons (Fsp3) is 0.133. The van der Waals surface area contributed by atoms with E-state index in [4.69, 9.17) is 27.4 Å². The maximum Gasteiger partial charge on any atom is 0.122 e. The van der Waals surface area contributed by atoms with Gasteiger partial charge < -0.3 is 15.2 Å². The zero-order valence-electron chi connectivity index (χ0n) is 10.4. The fourth-order valence-corrected chi connectivity index (χ4v) is 1.69. The van der Waals surface area contributed by atoms with Gasteiger partial charge in [0.15, 0.2) is 0 Å².